The van der Waals surface area contributed by atoms with E-state index in [2.05, 4.69) is 4.90 Å². The van der Waals surface area contributed by atoms with Gasteiger partial charge in [-0.1, -0.05) is 6.92 Å². The van der Waals surface area contributed by atoms with Gasteiger partial charge in [-0.2, -0.15) is 0 Å². The number of nitrogens with zero attached hydrogens (tertiary/aromatic N) is 1. The monoisotopic (exact) mass is 193 g/mol. The van der Waals surface area contributed by atoms with Gasteiger partial charge in [-0.05, 0) is 6.07 Å². The van der Waals surface area contributed by atoms with E-state index in [0.717, 1.165) is 19.6 Å². The molecule has 0 aromatic carbocycles. The van der Waals surface area contributed by atoms with Gasteiger partial charge in [0.05, 0.1) is 12.5 Å². The third kappa shape index (κ3) is 2.04. The molecule has 0 saturated carbocycles. The summed E-state index contributed by atoms with van der Waals surface area (Å²) in [4.78, 5) is 13.6. The number of piperidine rings is 1. The molecule has 2 rings (SSSR count). The van der Waals surface area contributed by atoms with Crippen LogP contribution < -0.4 is 0 Å². The number of furan rings is 1. The molecule has 1 saturated heterocycles. The van der Waals surface area contributed by atoms with Crippen LogP contribution in [0.5, 0.6) is 0 Å². The molecule has 1 aliphatic rings. The van der Waals surface area contributed by atoms with Gasteiger partial charge < -0.3 is 4.42 Å². The van der Waals surface area contributed by atoms with E-state index in [1.54, 1.807) is 12.5 Å². The highest BCUT2D eigenvalue weighted by molar-refractivity contribution is 5.81. The minimum Gasteiger partial charge on any atom is -0.472 e. The summed E-state index contributed by atoms with van der Waals surface area (Å²) in [5, 5.41) is 0. The maximum absolute atomic E-state index is 11.3. The van der Waals surface area contributed by atoms with E-state index in [0.29, 0.717) is 12.2 Å². The maximum atomic E-state index is 11.3. The molecule has 1 aliphatic heterocycles. The molecule has 1 fully saturated rings. The number of rotatable bonds is 2. The van der Waals surface area contributed by atoms with Crippen molar-refractivity contribution in [2.75, 3.05) is 13.1 Å². The topological polar surface area (TPSA) is 33.5 Å². The molecule has 76 valence electrons. The zero-order chi connectivity index (χ0) is 9.97. The Morgan fingerprint density at radius 2 is 2.50 bits per heavy atom. The van der Waals surface area contributed by atoms with Gasteiger partial charge in [0.1, 0.15) is 5.78 Å². The summed E-state index contributed by atoms with van der Waals surface area (Å²) in [7, 11) is 0. The van der Waals surface area contributed by atoms with Crippen LogP contribution in [0.1, 0.15) is 18.9 Å². The smallest absolute Gasteiger partial charge is 0.138 e. The summed E-state index contributed by atoms with van der Waals surface area (Å²) < 4.78 is 5.01. The van der Waals surface area contributed by atoms with Crippen molar-refractivity contribution in [3.8, 4) is 0 Å². The lowest BCUT2D eigenvalue weighted by Gasteiger charge is -2.29. The van der Waals surface area contributed by atoms with Crippen LogP contribution in [0.2, 0.25) is 0 Å². The highest BCUT2D eigenvalue weighted by Crippen LogP contribution is 2.15. The average molecular weight is 193 g/mol. The van der Waals surface area contributed by atoms with E-state index in [1.807, 2.05) is 13.0 Å². The molecule has 0 aliphatic carbocycles. The molecular formula is C11H15NO2. The molecule has 1 atom stereocenters. The highest BCUT2D eigenvalue weighted by atomic mass is 16.3. The molecule has 0 amide bonds. The molecule has 1 aromatic heterocycles. The van der Waals surface area contributed by atoms with E-state index in [4.69, 9.17) is 4.42 Å². The van der Waals surface area contributed by atoms with Gasteiger partial charge in [-0.15, -0.1) is 0 Å². The van der Waals surface area contributed by atoms with Crippen molar-refractivity contribution in [1.29, 1.82) is 0 Å². The third-order valence-corrected chi connectivity index (χ3v) is 2.74. The lowest BCUT2D eigenvalue weighted by molar-refractivity contribution is -0.125. The lowest BCUT2D eigenvalue weighted by atomic mass is 9.98. The average Bonchev–Trinajstić information content (AvgIpc) is 2.64. The molecule has 1 unspecified atom stereocenters. The Balaban J connectivity index is 1.91. The quantitative estimate of drug-likeness (QED) is 0.716. The molecule has 3 heteroatoms. The zero-order valence-corrected chi connectivity index (χ0v) is 8.40. The zero-order valence-electron chi connectivity index (χ0n) is 8.40. The predicted octanol–water partition coefficient (Wildman–Crippen LogP) is 1.69. The Kier molecular flexibility index (Phi) is 2.68. The van der Waals surface area contributed by atoms with E-state index in [1.165, 1.54) is 5.56 Å². The first-order valence-electron chi connectivity index (χ1n) is 5.02. The van der Waals surface area contributed by atoms with Crippen molar-refractivity contribution in [1.82, 2.24) is 4.90 Å². The van der Waals surface area contributed by atoms with Crippen LogP contribution in [-0.2, 0) is 11.3 Å². The summed E-state index contributed by atoms with van der Waals surface area (Å²) in [6, 6.07) is 1.97. The highest BCUT2D eigenvalue weighted by Gasteiger charge is 2.23. The van der Waals surface area contributed by atoms with Crippen LogP contribution in [-0.4, -0.2) is 23.8 Å². The van der Waals surface area contributed by atoms with Crippen LogP contribution in [0.15, 0.2) is 23.0 Å². The molecule has 0 N–H and O–H groups in total. The molecular weight excluding hydrogens is 178 g/mol. The number of hydrogen-bond donors (Lipinski definition) is 0. The number of Topliss-reactive ketones (excluding diaryl/α,β-unsaturated/α-hetero) is 1. The predicted molar refractivity (Wildman–Crippen MR) is 52.8 cm³/mol. The Bertz CT molecular complexity index is 305. The second-order valence-electron chi connectivity index (χ2n) is 3.98. The van der Waals surface area contributed by atoms with Crippen molar-refractivity contribution in [3.05, 3.63) is 24.2 Å². The van der Waals surface area contributed by atoms with Gasteiger partial charge in [0, 0.05) is 37.5 Å². The Morgan fingerprint density at radius 1 is 1.64 bits per heavy atom. The number of ketones is 1. The van der Waals surface area contributed by atoms with E-state index >= 15 is 0 Å². The first kappa shape index (κ1) is 9.46. The van der Waals surface area contributed by atoms with Crippen molar-refractivity contribution >= 4 is 5.78 Å². The van der Waals surface area contributed by atoms with Gasteiger partial charge in [-0.3, -0.25) is 9.69 Å². The second-order valence-corrected chi connectivity index (χ2v) is 3.98. The number of carbonyl (C=O) groups excluding carboxylic acids is 1. The fourth-order valence-corrected chi connectivity index (χ4v) is 1.88. The van der Waals surface area contributed by atoms with Gasteiger partial charge in [0.25, 0.3) is 0 Å². The van der Waals surface area contributed by atoms with Gasteiger partial charge in [0.2, 0.25) is 0 Å². The second kappa shape index (κ2) is 3.96. The minimum atomic E-state index is 0.190. The van der Waals surface area contributed by atoms with E-state index in [9.17, 15) is 4.79 Å². The van der Waals surface area contributed by atoms with Gasteiger partial charge in [0.15, 0.2) is 0 Å². The van der Waals surface area contributed by atoms with Crippen LogP contribution in [0.25, 0.3) is 0 Å². The number of hydrogen-bond acceptors (Lipinski definition) is 3. The Morgan fingerprint density at radius 3 is 3.14 bits per heavy atom. The summed E-state index contributed by atoms with van der Waals surface area (Å²) in [6.45, 7) is 4.66. The molecule has 2 heterocycles. The fraction of sp³-hybridized carbons (Fsp3) is 0.545. The first-order chi connectivity index (χ1) is 6.75. The van der Waals surface area contributed by atoms with Crippen LogP contribution in [0, 0.1) is 5.92 Å². The van der Waals surface area contributed by atoms with Crippen molar-refractivity contribution in [2.45, 2.75) is 19.9 Å². The summed E-state index contributed by atoms with van der Waals surface area (Å²) in [5.41, 5.74) is 1.19. The van der Waals surface area contributed by atoms with Crippen molar-refractivity contribution < 1.29 is 9.21 Å². The maximum Gasteiger partial charge on any atom is 0.138 e. The van der Waals surface area contributed by atoms with E-state index in [-0.39, 0.29) is 5.92 Å². The summed E-state index contributed by atoms with van der Waals surface area (Å²) in [6.07, 6.45) is 4.15. The fourth-order valence-electron chi connectivity index (χ4n) is 1.88. The standard InChI is InChI=1S/C11H15NO2/c1-9-6-12(4-2-11(9)13)7-10-3-5-14-8-10/h3,5,8-9H,2,4,6-7H2,1H3. The molecule has 0 bridgehead atoms. The minimum absolute atomic E-state index is 0.190. The Hall–Kier alpha value is -1.09. The van der Waals surface area contributed by atoms with Gasteiger partial charge >= 0.3 is 0 Å². The van der Waals surface area contributed by atoms with Crippen LogP contribution in [0.4, 0.5) is 0 Å². The SMILES string of the molecule is CC1CN(Cc2ccoc2)CCC1=O. The molecule has 14 heavy (non-hydrogen) atoms. The van der Waals surface area contributed by atoms with Crippen molar-refractivity contribution in [3.63, 3.8) is 0 Å². The summed E-state index contributed by atoms with van der Waals surface area (Å²) >= 11 is 0. The number of likely N-dealkylation sites (tertiary alicyclic amines) is 1. The van der Waals surface area contributed by atoms with Gasteiger partial charge in [-0.25, -0.2) is 0 Å². The van der Waals surface area contributed by atoms with E-state index < -0.39 is 0 Å². The first-order valence-corrected chi connectivity index (χ1v) is 5.02. The normalized spacial score (nSPS) is 24.1. The van der Waals surface area contributed by atoms with Crippen LogP contribution >= 0.6 is 0 Å². The molecule has 0 radical (unpaired) electrons. The molecule has 3 nitrogen and oxygen atoms in total. The van der Waals surface area contributed by atoms with Crippen LogP contribution in [0.3, 0.4) is 0 Å². The molecule has 0 spiro atoms. The third-order valence-electron chi connectivity index (χ3n) is 2.74. The molecule has 1 aromatic rings. The number of carbonyl (C=O) groups is 1. The largest absolute Gasteiger partial charge is 0.472 e. The van der Waals surface area contributed by atoms with Crippen molar-refractivity contribution in [2.24, 2.45) is 5.92 Å². The Labute approximate surface area is 83.7 Å². The lowest BCUT2D eigenvalue weighted by Crippen LogP contribution is -2.38. The summed E-state index contributed by atoms with van der Waals surface area (Å²) in [5.74, 6) is 0.587.